The molecule has 6 nitrogen and oxygen atoms in total. The number of nitrogens with one attached hydrogen (secondary N) is 1. The second-order valence-electron chi connectivity index (χ2n) is 7.39. The number of halogens is 2. The number of nitrogens with zero attached hydrogens (tertiary/aromatic N) is 3. The fourth-order valence-electron chi connectivity index (χ4n) is 3.80. The SMILES string of the molecule is O=C(NC1CCCC1)C(c1ccc(F)cc1)N(C(=O)c1csnn1)c1cccc(F)c1. The van der Waals surface area contributed by atoms with Gasteiger partial charge in [-0.2, -0.15) is 0 Å². The van der Waals surface area contributed by atoms with Crippen molar-refractivity contribution in [3.05, 3.63) is 76.8 Å². The molecule has 2 aromatic carbocycles. The Morgan fingerprint density at radius 2 is 1.81 bits per heavy atom. The number of rotatable bonds is 6. The van der Waals surface area contributed by atoms with Crippen LogP contribution in [0, 0.1) is 11.6 Å². The molecule has 1 heterocycles. The Labute approximate surface area is 182 Å². The van der Waals surface area contributed by atoms with Crippen molar-refractivity contribution in [2.75, 3.05) is 4.90 Å². The van der Waals surface area contributed by atoms with Crippen LogP contribution < -0.4 is 10.2 Å². The molecule has 9 heteroatoms. The van der Waals surface area contributed by atoms with E-state index in [1.807, 2.05) is 0 Å². The molecule has 0 aliphatic heterocycles. The fourth-order valence-corrected chi connectivity index (χ4v) is 4.23. The standard InChI is InChI=1S/C22H20F2N4O2S/c23-15-10-8-14(9-11-15)20(21(29)25-17-5-1-2-6-17)28(18-7-3-4-16(24)12-18)22(30)19-13-31-27-26-19/h3-4,7-13,17,20H,1-2,5-6H2,(H,25,29). The van der Waals surface area contributed by atoms with E-state index in [0.717, 1.165) is 37.2 Å². The highest BCUT2D eigenvalue weighted by Crippen LogP contribution is 2.31. The third-order valence-electron chi connectivity index (χ3n) is 5.28. The number of carbonyl (C=O) groups excluding carboxylic acids is 2. The van der Waals surface area contributed by atoms with E-state index >= 15 is 0 Å². The number of benzene rings is 2. The fraction of sp³-hybridized carbons (Fsp3) is 0.273. The maximum Gasteiger partial charge on any atom is 0.280 e. The van der Waals surface area contributed by atoms with Crippen LogP contribution in [0.3, 0.4) is 0 Å². The molecule has 160 valence electrons. The number of carbonyl (C=O) groups is 2. The van der Waals surface area contributed by atoms with Crippen molar-refractivity contribution in [1.29, 1.82) is 0 Å². The van der Waals surface area contributed by atoms with Crippen molar-refractivity contribution in [2.24, 2.45) is 0 Å². The summed E-state index contributed by atoms with van der Waals surface area (Å²) in [7, 11) is 0. The summed E-state index contributed by atoms with van der Waals surface area (Å²) < 4.78 is 31.4. The van der Waals surface area contributed by atoms with Gasteiger partial charge in [0.1, 0.15) is 17.7 Å². The third kappa shape index (κ3) is 4.77. The predicted octanol–water partition coefficient (Wildman–Crippen LogP) is 4.26. The van der Waals surface area contributed by atoms with Gasteiger partial charge in [-0.15, -0.1) is 5.10 Å². The summed E-state index contributed by atoms with van der Waals surface area (Å²) in [6, 6.07) is 9.64. The molecule has 0 radical (unpaired) electrons. The quantitative estimate of drug-likeness (QED) is 0.619. The molecule has 0 saturated heterocycles. The zero-order chi connectivity index (χ0) is 21.8. The molecule has 4 rings (SSSR count). The Hall–Kier alpha value is -3.20. The van der Waals surface area contributed by atoms with Crippen molar-refractivity contribution in [2.45, 2.75) is 37.8 Å². The molecule has 1 aromatic heterocycles. The molecule has 1 atom stereocenters. The van der Waals surface area contributed by atoms with Crippen molar-refractivity contribution < 1.29 is 18.4 Å². The van der Waals surface area contributed by atoms with E-state index in [1.165, 1.54) is 52.7 Å². The van der Waals surface area contributed by atoms with Crippen molar-refractivity contribution in [3.63, 3.8) is 0 Å². The Bertz CT molecular complexity index is 1050. The average molecular weight is 442 g/mol. The van der Waals surface area contributed by atoms with Gasteiger partial charge in [-0.25, -0.2) is 8.78 Å². The average Bonchev–Trinajstić information content (AvgIpc) is 3.46. The molecule has 3 aromatic rings. The van der Waals surface area contributed by atoms with E-state index in [4.69, 9.17) is 0 Å². The van der Waals surface area contributed by atoms with E-state index in [2.05, 4.69) is 14.9 Å². The van der Waals surface area contributed by atoms with Crippen LogP contribution in [-0.4, -0.2) is 27.4 Å². The molecule has 1 aliphatic carbocycles. The number of amides is 2. The minimum absolute atomic E-state index is 0.000786. The minimum Gasteiger partial charge on any atom is -0.351 e. The maximum absolute atomic E-state index is 14.1. The first-order chi connectivity index (χ1) is 15.0. The smallest absolute Gasteiger partial charge is 0.280 e. The van der Waals surface area contributed by atoms with Crippen LogP contribution >= 0.6 is 11.5 Å². The molecule has 1 N–H and O–H groups in total. The molecule has 1 saturated carbocycles. The van der Waals surface area contributed by atoms with Gasteiger partial charge in [0.05, 0.1) is 0 Å². The summed E-state index contributed by atoms with van der Waals surface area (Å²) in [5, 5.41) is 8.30. The molecule has 2 amide bonds. The van der Waals surface area contributed by atoms with Crippen LogP contribution in [0.5, 0.6) is 0 Å². The first-order valence-electron chi connectivity index (χ1n) is 9.95. The molecule has 1 fully saturated rings. The number of hydrogen-bond acceptors (Lipinski definition) is 5. The lowest BCUT2D eigenvalue weighted by Gasteiger charge is -2.31. The van der Waals surface area contributed by atoms with Gasteiger partial charge in [0.15, 0.2) is 5.69 Å². The normalized spacial score (nSPS) is 14.9. The Morgan fingerprint density at radius 1 is 1.06 bits per heavy atom. The van der Waals surface area contributed by atoms with E-state index < -0.39 is 29.5 Å². The largest absolute Gasteiger partial charge is 0.351 e. The van der Waals surface area contributed by atoms with Crippen LogP contribution in [0.1, 0.15) is 47.8 Å². The molecule has 1 aliphatic rings. The van der Waals surface area contributed by atoms with Crippen molar-refractivity contribution in [3.8, 4) is 0 Å². The molecular formula is C22H20F2N4O2S. The summed E-state index contributed by atoms with van der Waals surface area (Å²) >= 11 is 0.995. The summed E-state index contributed by atoms with van der Waals surface area (Å²) in [6.07, 6.45) is 3.74. The van der Waals surface area contributed by atoms with Crippen molar-refractivity contribution in [1.82, 2.24) is 14.9 Å². The minimum atomic E-state index is -1.14. The van der Waals surface area contributed by atoms with Crippen molar-refractivity contribution >= 4 is 29.0 Å². The third-order valence-corrected chi connectivity index (χ3v) is 5.78. The van der Waals surface area contributed by atoms with Gasteiger partial charge in [-0.05, 0) is 60.3 Å². The van der Waals surface area contributed by atoms with E-state index in [9.17, 15) is 18.4 Å². The van der Waals surface area contributed by atoms with Crippen LogP contribution in [0.25, 0.3) is 0 Å². The summed E-state index contributed by atoms with van der Waals surface area (Å²) in [5.74, 6) is -2.04. The monoisotopic (exact) mass is 442 g/mol. The zero-order valence-electron chi connectivity index (χ0n) is 16.5. The molecule has 0 bridgehead atoms. The highest BCUT2D eigenvalue weighted by atomic mass is 32.1. The summed E-state index contributed by atoms with van der Waals surface area (Å²) in [6.45, 7) is 0. The van der Waals surface area contributed by atoms with Gasteiger partial charge in [-0.1, -0.05) is 35.5 Å². The lowest BCUT2D eigenvalue weighted by atomic mass is 10.0. The maximum atomic E-state index is 14.1. The van der Waals surface area contributed by atoms with Crippen LogP contribution in [0.2, 0.25) is 0 Å². The first kappa shape index (κ1) is 21.0. The molecular weight excluding hydrogens is 422 g/mol. The number of hydrogen-bond donors (Lipinski definition) is 1. The van der Waals surface area contributed by atoms with Gasteiger partial charge in [0.2, 0.25) is 5.91 Å². The molecule has 1 unspecified atom stereocenters. The second kappa shape index (κ2) is 9.30. The number of aromatic nitrogens is 2. The van der Waals surface area contributed by atoms with E-state index in [-0.39, 0.29) is 17.4 Å². The zero-order valence-corrected chi connectivity index (χ0v) is 17.3. The van der Waals surface area contributed by atoms with E-state index in [0.29, 0.717) is 5.56 Å². The number of anilines is 1. The van der Waals surface area contributed by atoms with Crippen LogP contribution in [-0.2, 0) is 4.79 Å². The van der Waals surface area contributed by atoms with Gasteiger partial charge in [0, 0.05) is 17.1 Å². The lowest BCUT2D eigenvalue weighted by molar-refractivity contribution is -0.123. The van der Waals surface area contributed by atoms with Crippen LogP contribution in [0.15, 0.2) is 53.9 Å². The van der Waals surface area contributed by atoms with Gasteiger partial charge >= 0.3 is 0 Å². The summed E-state index contributed by atoms with van der Waals surface area (Å²) in [4.78, 5) is 28.0. The lowest BCUT2D eigenvalue weighted by Crippen LogP contribution is -2.46. The van der Waals surface area contributed by atoms with Gasteiger partial charge < -0.3 is 5.32 Å². The van der Waals surface area contributed by atoms with Gasteiger partial charge in [0.25, 0.3) is 5.91 Å². The Balaban J connectivity index is 1.80. The highest BCUT2D eigenvalue weighted by Gasteiger charge is 2.35. The van der Waals surface area contributed by atoms with E-state index in [1.54, 1.807) is 6.07 Å². The highest BCUT2D eigenvalue weighted by molar-refractivity contribution is 7.03. The topological polar surface area (TPSA) is 75.2 Å². The Morgan fingerprint density at radius 3 is 2.45 bits per heavy atom. The second-order valence-corrected chi connectivity index (χ2v) is 8.00. The van der Waals surface area contributed by atoms with Crippen LogP contribution in [0.4, 0.5) is 14.5 Å². The molecule has 31 heavy (non-hydrogen) atoms. The Kier molecular flexibility index (Phi) is 6.31. The summed E-state index contributed by atoms with van der Waals surface area (Å²) in [5.41, 5.74) is 0.627. The van der Waals surface area contributed by atoms with Gasteiger partial charge in [-0.3, -0.25) is 14.5 Å². The predicted molar refractivity (Wildman–Crippen MR) is 113 cm³/mol. The molecule has 0 spiro atoms. The first-order valence-corrected chi connectivity index (χ1v) is 10.8.